The second-order valence-electron chi connectivity index (χ2n) is 5.05. The lowest BCUT2D eigenvalue weighted by atomic mass is 9.95. The summed E-state index contributed by atoms with van der Waals surface area (Å²) < 4.78 is 4.93. The van der Waals surface area contributed by atoms with E-state index in [9.17, 15) is 29.7 Å². The van der Waals surface area contributed by atoms with Crippen LogP contribution >= 0.6 is 0 Å². The van der Waals surface area contributed by atoms with E-state index in [1.807, 2.05) is 0 Å². The monoisotopic (exact) mass is 343 g/mol. The minimum atomic E-state index is -2.80. The van der Waals surface area contributed by atoms with Crippen molar-refractivity contribution >= 4 is 17.9 Å². The van der Waals surface area contributed by atoms with Crippen LogP contribution in [-0.4, -0.2) is 54.0 Å². The van der Waals surface area contributed by atoms with Crippen LogP contribution in [0.25, 0.3) is 0 Å². The van der Waals surface area contributed by atoms with Crippen LogP contribution in [0.1, 0.15) is 29.7 Å². The highest BCUT2D eigenvalue weighted by atomic mass is 16.6. The number of carboxylic acids is 2. The molecule has 0 aliphatic heterocycles. The van der Waals surface area contributed by atoms with E-state index in [2.05, 4.69) is 4.98 Å². The van der Waals surface area contributed by atoms with Crippen molar-refractivity contribution in [2.45, 2.75) is 38.6 Å². The van der Waals surface area contributed by atoms with E-state index in [0.717, 1.165) is 0 Å². The van der Waals surface area contributed by atoms with E-state index in [1.165, 1.54) is 13.1 Å². The van der Waals surface area contributed by atoms with Crippen LogP contribution in [0.2, 0.25) is 0 Å². The second kappa shape index (κ2) is 7.81. The van der Waals surface area contributed by atoms with E-state index in [0.29, 0.717) is 0 Å². The van der Waals surface area contributed by atoms with E-state index < -0.39 is 49.6 Å². The number of aliphatic carboxylic acids is 2. The molecular weight excluding hydrogens is 326 g/mol. The van der Waals surface area contributed by atoms with E-state index in [1.54, 1.807) is 0 Å². The van der Waals surface area contributed by atoms with Crippen molar-refractivity contribution in [3.63, 3.8) is 0 Å². The third-order valence-electron chi connectivity index (χ3n) is 3.19. The van der Waals surface area contributed by atoms with Crippen LogP contribution < -0.4 is 4.74 Å². The fourth-order valence-corrected chi connectivity index (χ4v) is 2.02. The lowest BCUT2D eigenvalue weighted by Crippen LogP contribution is -2.45. The number of carbonyl (C=O) groups is 3. The predicted molar refractivity (Wildman–Crippen MR) is 75.9 cm³/mol. The maximum atomic E-state index is 12.2. The Morgan fingerprint density at radius 3 is 2.08 bits per heavy atom. The standard InChI is InChI=1S/C14H17NO9/c1-7-12(9(6-17)8(5-16)4-15-7)24-13(22)14(23,2-10(18)19)3-11(20)21/h4,16-17,23H,2-3,5-6H2,1H3,(H,18,19)(H,20,21). The van der Waals surface area contributed by atoms with Gasteiger partial charge in [-0.3, -0.25) is 14.6 Å². The van der Waals surface area contributed by atoms with Crippen molar-refractivity contribution < 1.29 is 44.7 Å². The molecule has 0 saturated heterocycles. The second-order valence-corrected chi connectivity index (χ2v) is 5.05. The summed E-state index contributed by atoms with van der Waals surface area (Å²) in [4.78, 5) is 37.6. The molecule has 0 atom stereocenters. The molecule has 1 aromatic rings. The van der Waals surface area contributed by atoms with Gasteiger partial charge >= 0.3 is 17.9 Å². The lowest BCUT2D eigenvalue weighted by molar-refractivity contribution is -0.168. The van der Waals surface area contributed by atoms with Gasteiger partial charge in [0.1, 0.15) is 0 Å². The Kier molecular flexibility index (Phi) is 6.35. The highest BCUT2D eigenvalue weighted by Crippen LogP contribution is 2.28. The number of carboxylic acid groups (broad SMARTS) is 2. The number of aliphatic hydroxyl groups is 3. The van der Waals surface area contributed by atoms with Gasteiger partial charge in [-0.25, -0.2) is 4.79 Å². The molecule has 1 rings (SSSR count). The van der Waals surface area contributed by atoms with Crippen molar-refractivity contribution in [2.24, 2.45) is 0 Å². The van der Waals surface area contributed by atoms with Gasteiger partial charge < -0.3 is 30.3 Å². The summed E-state index contributed by atoms with van der Waals surface area (Å²) in [5.74, 6) is -4.99. The summed E-state index contributed by atoms with van der Waals surface area (Å²) in [5.41, 5.74) is -2.50. The van der Waals surface area contributed by atoms with Crippen LogP contribution in [0.4, 0.5) is 0 Å². The van der Waals surface area contributed by atoms with Crippen LogP contribution in [-0.2, 0) is 27.6 Å². The number of hydrogen-bond acceptors (Lipinski definition) is 8. The average Bonchev–Trinajstić information content (AvgIpc) is 2.47. The Morgan fingerprint density at radius 2 is 1.67 bits per heavy atom. The van der Waals surface area contributed by atoms with Gasteiger partial charge in [0.15, 0.2) is 11.4 Å². The Labute approximate surface area is 136 Å². The maximum absolute atomic E-state index is 12.2. The molecule has 0 amide bonds. The Balaban J connectivity index is 3.24. The largest absolute Gasteiger partial charge is 0.481 e. The molecular formula is C14H17NO9. The van der Waals surface area contributed by atoms with E-state index in [-0.39, 0.29) is 22.6 Å². The number of ether oxygens (including phenoxy) is 1. The van der Waals surface area contributed by atoms with Crippen molar-refractivity contribution in [1.82, 2.24) is 4.98 Å². The number of aliphatic hydroxyl groups excluding tert-OH is 2. The maximum Gasteiger partial charge on any atom is 0.344 e. The van der Waals surface area contributed by atoms with Gasteiger partial charge in [0.05, 0.1) is 31.7 Å². The van der Waals surface area contributed by atoms with Crippen LogP contribution in [0.15, 0.2) is 6.20 Å². The predicted octanol–water partition coefficient (Wildman–Crippen LogP) is -1.04. The normalized spacial score (nSPS) is 11.2. The first-order valence-corrected chi connectivity index (χ1v) is 6.72. The zero-order valence-corrected chi connectivity index (χ0v) is 12.7. The first kappa shape index (κ1) is 19.5. The molecule has 1 aromatic heterocycles. The number of aryl methyl sites for hydroxylation is 1. The number of carbonyl (C=O) groups excluding carboxylic acids is 1. The molecule has 10 nitrogen and oxygen atoms in total. The quantitative estimate of drug-likeness (QED) is 0.367. The van der Waals surface area contributed by atoms with Crippen LogP contribution in [0.5, 0.6) is 5.75 Å². The Bertz CT molecular complexity index is 640. The lowest BCUT2D eigenvalue weighted by Gasteiger charge is -2.23. The van der Waals surface area contributed by atoms with Crippen molar-refractivity contribution in [3.05, 3.63) is 23.0 Å². The fraction of sp³-hybridized carbons (Fsp3) is 0.429. The van der Waals surface area contributed by atoms with Gasteiger partial charge in [-0.15, -0.1) is 0 Å². The zero-order valence-electron chi connectivity index (χ0n) is 12.7. The van der Waals surface area contributed by atoms with Crippen LogP contribution in [0.3, 0.4) is 0 Å². The van der Waals surface area contributed by atoms with Gasteiger partial charge in [0.2, 0.25) is 0 Å². The molecule has 0 aliphatic carbocycles. The molecule has 5 N–H and O–H groups in total. The number of aromatic nitrogens is 1. The highest BCUT2D eigenvalue weighted by Gasteiger charge is 2.43. The molecule has 0 saturated carbocycles. The summed E-state index contributed by atoms with van der Waals surface area (Å²) in [5, 5.41) is 46.2. The topological polar surface area (TPSA) is 174 Å². The number of esters is 1. The summed E-state index contributed by atoms with van der Waals surface area (Å²) in [7, 11) is 0. The van der Waals surface area contributed by atoms with Crippen LogP contribution in [0, 0.1) is 6.92 Å². The molecule has 1 heterocycles. The van der Waals surface area contributed by atoms with Crippen molar-refractivity contribution in [1.29, 1.82) is 0 Å². The molecule has 0 spiro atoms. The number of rotatable bonds is 8. The van der Waals surface area contributed by atoms with Crippen molar-refractivity contribution in [2.75, 3.05) is 0 Å². The highest BCUT2D eigenvalue weighted by molar-refractivity contribution is 5.90. The van der Waals surface area contributed by atoms with Crippen molar-refractivity contribution in [3.8, 4) is 5.75 Å². The van der Waals surface area contributed by atoms with Gasteiger partial charge in [0, 0.05) is 17.3 Å². The number of pyridine rings is 1. The molecule has 0 bridgehead atoms. The van der Waals surface area contributed by atoms with E-state index >= 15 is 0 Å². The molecule has 10 heteroatoms. The number of nitrogens with zero attached hydrogens (tertiary/aromatic N) is 1. The molecule has 0 unspecified atom stereocenters. The first-order chi connectivity index (χ1) is 11.1. The molecule has 0 fully saturated rings. The Hall–Kier alpha value is -2.56. The number of hydrogen-bond donors (Lipinski definition) is 5. The summed E-state index contributed by atoms with van der Waals surface area (Å²) in [6, 6.07) is 0. The third-order valence-corrected chi connectivity index (χ3v) is 3.19. The summed E-state index contributed by atoms with van der Waals surface area (Å²) in [6.45, 7) is 0.275. The Morgan fingerprint density at radius 1 is 1.12 bits per heavy atom. The molecule has 0 radical (unpaired) electrons. The average molecular weight is 343 g/mol. The zero-order chi connectivity index (χ0) is 18.5. The first-order valence-electron chi connectivity index (χ1n) is 6.72. The molecule has 24 heavy (non-hydrogen) atoms. The summed E-state index contributed by atoms with van der Waals surface area (Å²) >= 11 is 0. The minimum absolute atomic E-state index is 0.0198. The van der Waals surface area contributed by atoms with Gasteiger partial charge in [-0.1, -0.05) is 0 Å². The smallest absolute Gasteiger partial charge is 0.344 e. The minimum Gasteiger partial charge on any atom is -0.481 e. The van der Waals surface area contributed by atoms with Gasteiger partial charge in [0.25, 0.3) is 0 Å². The SMILES string of the molecule is Cc1ncc(CO)c(CO)c1OC(=O)C(O)(CC(=O)O)CC(=O)O. The van der Waals surface area contributed by atoms with Gasteiger partial charge in [-0.2, -0.15) is 0 Å². The molecule has 132 valence electrons. The third kappa shape index (κ3) is 4.47. The fourth-order valence-electron chi connectivity index (χ4n) is 2.02. The molecule has 0 aliphatic rings. The molecule has 0 aromatic carbocycles. The summed E-state index contributed by atoms with van der Waals surface area (Å²) in [6.07, 6.45) is -1.11. The van der Waals surface area contributed by atoms with Gasteiger partial charge in [-0.05, 0) is 6.92 Å². The van der Waals surface area contributed by atoms with E-state index in [4.69, 9.17) is 14.9 Å².